The van der Waals surface area contributed by atoms with E-state index in [0.717, 1.165) is 10.3 Å². The molecular formula is C24H29N3O6. The molecule has 2 heterocycles. The fourth-order valence-electron chi connectivity index (χ4n) is 4.95. The van der Waals surface area contributed by atoms with Gasteiger partial charge in [-0.3, -0.25) is 18.7 Å². The van der Waals surface area contributed by atoms with Gasteiger partial charge in [-0.15, -0.1) is 0 Å². The van der Waals surface area contributed by atoms with Gasteiger partial charge in [-0.1, -0.05) is 13.8 Å². The monoisotopic (exact) mass is 455 g/mol. The molecule has 1 N–H and O–H groups in total. The molecule has 2 aromatic rings. The van der Waals surface area contributed by atoms with E-state index in [4.69, 9.17) is 14.2 Å². The first kappa shape index (κ1) is 22.7. The number of benzene rings is 1. The molecule has 9 heteroatoms. The van der Waals surface area contributed by atoms with Crippen LogP contribution in [0.4, 0.5) is 5.82 Å². The average Bonchev–Trinajstić information content (AvgIpc) is 2.78. The van der Waals surface area contributed by atoms with E-state index in [1.165, 1.54) is 32.9 Å². The minimum Gasteiger partial charge on any atom is -0.493 e. The molecule has 0 bridgehead atoms. The zero-order valence-corrected chi connectivity index (χ0v) is 20.0. The zero-order chi connectivity index (χ0) is 24.2. The van der Waals surface area contributed by atoms with Crippen LogP contribution >= 0.6 is 0 Å². The molecule has 1 aromatic carbocycles. The first-order chi connectivity index (χ1) is 15.5. The molecule has 0 fully saturated rings. The number of Topliss-reactive ketones (excluding diaryl/α,β-unsaturated/α-hetero) is 1. The van der Waals surface area contributed by atoms with E-state index < -0.39 is 17.2 Å². The number of ether oxygens (including phenoxy) is 3. The molecule has 1 aliphatic heterocycles. The van der Waals surface area contributed by atoms with E-state index in [1.807, 2.05) is 13.8 Å². The number of aromatic nitrogens is 2. The molecule has 0 radical (unpaired) electrons. The van der Waals surface area contributed by atoms with Crippen LogP contribution in [-0.2, 0) is 18.9 Å². The normalized spacial score (nSPS) is 18.9. The van der Waals surface area contributed by atoms with Crippen LogP contribution < -0.4 is 30.8 Å². The van der Waals surface area contributed by atoms with Crippen molar-refractivity contribution in [1.82, 2.24) is 9.13 Å². The molecular weight excluding hydrogens is 426 g/mol. The molecule has 1 aromatic heterocycles. The summed E-state index contributed by atoms with van der Waals surface area (Å²) in [7, 11) is 7.59. The molecule has 4 rings (SSSR count). The Morgan fingerprint density at radius 1 is 0.939 bits per heavy atom. The maximum absolute atomic E-state index is 13.5. The quantitative estimate of drug-likeness (QED) is 0.755. The van der Waals surface area contributed by atoms with E-state index in [1.54, 1.807) is 19.2 Å². The molecule has 1 aliphatic carbocycles. The van der Waals surface area contributed by atoms with Crippen LogP contribution in [0, 0.1) is 5.41 Å². The minimum absolute atomic E-state index is 0.0333. The van der Waals surface area contributed by atoms with Crippen LogP contribution in [0.15, 0.2) is 33.0 Å². The Bertz CT molecular complexity index is 1290. The van der Waals surface area contributed by atoms with Crippen molar-refractivity contribution in [3.63, 3.8) is 0 Å². The summed E-state index contributed by atoms with van der Waals surface area (Å²) in [6.07, 6.45) is 0.966. The van der Waals surface area contributed by atoms with Crippen molar-refractivity contribution in [2.75, 3.05) is 26.6 Å². The first-order valence-electron chi connectivity index (χ1n) is 10.7. The molecule has 0 amide bonds. The van der Waals surface area contributed by atoms with E-state index >= 15 is 0 Å². The van der Waals surface area contributed by atoms with Crippen molar-refractivity contribution in [2.24, 2.45) is 19.5 Å². The topological polar surface area (TPSA) is 101 Å². The average molecular weight is 456 g/mol. The Labute approximate surface area is 191 Å². The second kappa shape index (κ2) is 7.83. The lowest BCUT2D eigenvalue weighted by Gasteiger charge is -2.39. The highest BCUT2D eigenvalue weighted by atomic mass is 16.5. The number of carbonyl (C=O) groups excluding carboxylic acids is 1. The highest BCUT2D eigenvalue weighted by molar-refractivity contribution is 6.01. The second-order valence-electron chi connectivity index (χ2n) is 9.32. The van der Waals surface area contributed by atoms with E-state index in [2.05, 4.69) is 5.32 Å². The van der Waals surface area contributed by atoms with Crippen LogP contribution in [-0.4, -0.2) is 36.2 Å². The summed E-state index contributed by atoms with van der Waals surface area (Å²) in [4.78, 5) is 39.5. The van der Waals surface area contributed by atoms with Crippen molar-refractivity contribution < 1.29 is 19.0 Å². The fourth-order valence-corrected chi connectivity index (χ4v) is 4.95. The summed E-state index contributed by atoms with van der Waals surface area (Å²) in [5.74, 6) is 0.912. The van der Waals surface area contributed by atoms with Crippen LogP contribution in [0.1, 0.15) is 43.7 Å². The minimum atomic E-state index is -0.695. The predicted molar refractivity (Wildman–Crippen MR) is 124 cm³/mol. The zero-order valence-electron chi connectivity index (χ0n) is 20.0. The lowest BCUT2D eigenvalue weighted by Crippen LogP contribution is -2.45. The summed E-state index contributed by atoms with van der Waals surface area (Å²) < 4.78 is 19.0. The Kier molecular flexibility index (Phi) is 5.38. The van der Waals surface area contributed by atoms with Gasteiger partial charge in [0.15, 0.2) is 17.3 Å². The highest BCUT2D eigenvalue weighted by Crippen LogP contribution is 2.50. The number of methoxy groups -OCH3 is 3. The molecule has 0 saturated carbocycles. The maximum Gasteiger partial charge on any atom is 0.332 e. The van der Waals surface area contributed by atoms with Gasteiger partial charge in [0.25, 0.3) is 5.56 Å². The van der Waals surface area contributed by atoms with Crippen LogP contribution in [0.25, 0.3) is 0 Å². The second-order valence-corrected chi connectivity index (χ2v) is 9.32. The fraction of sp³-hybridized carbons (Fsp3) is 0.458. The number of rotatable bonds is 4. The standard InChI is InChI=1S/C24H29N3O6/c1-24(2)10-13-18(14(28)11-24)17(12-8-15(31-5)20(33-7)16(9-12)32-6)19-21(25-13)26(3)23(30)27(4)22(19)29/h8-9,17,25H,10-11H2,1-7H3. The molecule has 2 aliphatic rings. The predicted octanol–water partition coefficient (Wildman–Crippen LogP) is 2.31. The lowest BCUT2D eigenvalue weighted by molar-refractivity contribution is -0.118. The molecule has 33 heavy (non-hydrogen) atoms. The molecule has 0 saturated heterocycles. The number of anilines is 1. The lowest BCUT2D eigenvalue weighted by atomic mass is 9.69. The summed E-state index contributed by atoms with van der Waals surface area (Å²) in [5.41, 5.74) is 1.09. The SMILES string of the molecule is COc1cc(C2C3=C(CC(C)(C)CC3=O)Nc3c2c(=O)n(C)c(=O)n3C)cc(OC)c1OC. The number of hydrogen-bond acceptors (Lipinski definition) is 7. The molecule has 176 valence electrons. The number of allylic oxidation sites excluding steroid dienone is 2. The van der Waals surface area contributed by atoms with Crippen LogP contribution in [0.3, 0.4) is 0 Å². The van der Waals surface area contributed by atoms with Gasteiger partial charge >= 0.3 is 5.69 Å². The third-order valence-electron chi connectivity index (χ3n) is 6.49. The van der Waals surface area contributed by atoms with Crippen molar-refractivity contribution in [1.29, 1.82) is 0 Å². The number of nitrogens with zero attached hydrogens (tertiary/aromatic N) is 2. The Morgan fingerprint density at radius 3 is 2.09 bits per heavy atom. The van der Waals surface area contributed by atoms with Crippen molar-refractivity contribution in [3.05, 3.63) is 55.4 Å². The first-order valence-corrected chi connectivity index (χ1v) is 10.7. The molecule has 9 nitrogen and oxygen atoms in total. The molecule has 0 spiro atoms. The van der Waals surface area contributed by atoms with Crippen molar-refractivity contribution in [3.8, 4) is 17.2 Å². The summed E-state index contributed by atoms with van der Waals surface area (Å²) >= 11 is 0. The third-order valence-corrected chi connectivity index (χ3v) is 6.49. The van der Waals surface area contributed by atoms with Crippen molar-refractivity contribution in [2.45, 2.75) is 32.6 Å². The van der Waals surface area contributed by atoms with Gasteiger partial charge in [-0.2, -0.15) is 0 Å². The van der Waals surface area contributed by atoms with Crippen LogP contribution in [0.2, 0.25) is 0 Å². The van der Waals surface area contributed by atoms with Crippen LogP contribution in [0.5, 0.6) is 17.2 Å². The van der Waals surface area contributed by atoms with E-state index in [-0.39, 0.29) is 11.2 Å². The Balaban J connectivity index is 2.10. The van der Waals surface area contributed by atoms with E-state index in [0.29, 0.717) is 52.6 Å². The number of ketones is 1. The van der Waals surface area contributed by atoms with Gasteiger partial charge in [0, 0.05) is 37.7 Å². The number of hydrogen-bond donors (Lipinski definition) is 1. The summed E-state index contributed by atoms with van der Waals surface area (Å²) in [6, 6.07) is 3.51. The Hall–Kier alpha value is -3.49. The van der Waals surface area contributed by atoms with Gasteiger partial charge < -0.3 is 19.5 Å². The Morgan fingerprint density at radius 2 is 1.55 bits per heavy atom. The number of nitrogens with one attached hydrogen (secondary N) is 1. The number of carbonyl (C=O) groups is 1. The third kappa shape index (κ3) is 3.42. The van der Waals surface area contributed by atoms with Gasteiger partial charge in [0.1, 0.15) is 5.82 Å². The molecule has 1 atom stereocenters. The smallest absolute Gasteiger partial charge is 0.332 e. The van der Waals surface area contributed by atoms with Gasteiger partial charge in [0.2, 0.25) is 5.75 Å². The summed E-state index contributed by atoms with van der Waals surface area (Å²) in [6.45, 7) is 4.06. The highest BCUT2D eigenvalue weighted by Gasteiger charge is 2.43. The van der Waals surface area contributed by atoms with E-state index in [9.17, 15) is 14.4 Å². The van der Waals surface area contributed by atoms with Gasteiger partial charge in [0.05, 0.1) is 26.9 Å². The van der Waals surface area contributed by atoms with Gasteiger partial charge in [-0.05, 0) is 29.5 Å². The molecule has 1 unspecified atom stereocenters. The number of fused-ring (bicyclic) bond motifs is 1. The summed E-state index contributed by atoms with van der Waals surface area (Å²) in [5, 5.41) is 3.26. The van der Waals surface area contributed by atoms with Crippen molar-refractivity contribution >= 4 is 11.6 Å². The maximum atomic E-state index is 13.5. The largest absolute Gasteiger partial charge is 0.493 e. The van der Waals surface area contributed by atoms with Gasteiger partial charge in [-0.25, -0.2) is 4.79 Å².